The second kappa shape index (κ2) is 7.49. The van der Waals surface area contributed by atoms with E-state index in [2.05, 4.69) is 10.1 Å². The molecule has 2 N–H and O–H groups in total. The number of hydrogen-bond acceptors (Lipinski definition) is 7. The normalized spacial score (nSPS) is 14.8. The van der Waals surface area contributed by atoms with E-state index < -0.39 is 5.56 Å². The Bertz CT molecular complexity index is 882. The number of morpholine rings is 1. The van der Waals surface area contributed by atoms with Gasteiger partial charge in [-0.1, -0.05) is 0 Å². The summed E-state index contributed by atoms with van der Waals surface area (Å²) in [6, 6.07) is 6.94. The minimum atomic E-state index is -0.496. The average molecular weight is 362 g/mol. The number of rotatable bonds is 4. The molecule has 0 atom stereocenters. The Hall–Kier alpha value is -2.65. The lowest BCUT2D eigenvalue weighted by Gasteiger charge is -2.23. The number of ether oxygens (including phenoxy) is 2. The molecule has 0 bridgehead atoms. The standard InChI is InChI=1S/C16H18N4O4S/c1-23-12-4-2-11(3-5-12)20-15(22)13(14(21)18-16(20)25)10-17-19-6-8-24-9-7-19/h2-5,10,22H,6-9H2,1H3,(H,18,21,25). The van der Waals surface area contributed by atoms with Crippen LogP contribution < -0.4 is 10.3 Å². The lowest BCUT2D eigenvalue weighted by molar-refractivity contribution is 0.0396. The first kappa shape index (κ1) is 17.2. The number of aromatic nitrogens is 2. The van der Waals surface area contributed by atoms with Gasteiger partial charge < -0.3 is 14.6 Å². The maximum absolute atomic E-state index is 12.2. The van der Waals surface area contributed by atoms with Crippen molar-refractivity contribution in [2.75, 3.05) is 33.4 Å². The van der Waals surface area contributed by atoms with Crippen LogP contribution in [0.25, 0.3) is 5.69 Å². The fourth-order valence-electron chi connectivity index (χ4n) is 2.43. The predicted octanol–water partition coefficient (Wildman–Crippen LogP) is 1.28. The molecule has 0 spiro atoms. The summed E-state index contributed by atoms with van der Waals surface area (Å²) in [7, 11) is 1.57. The molecule has 0 aliphatic carbocycles. The van der Waals surface area contributed by atoms with E-state index in [4.69, 9.17) is 21.7 Å². The van der Waals surface area contributed by atoms with E-state index in [0.717, 1.165) is 0 Å². The Morgan fingerprint density at radius 2 is 2.00 bits per heavy atom. The van der Waals surface area contributed by atoms with Gasteiger partial charge in [-0.25, -0.2) is 0 Å². The SMILES string of the molecule is COc1ccc(-n2c(O)c(C=NN3CCOCC3)c(=O)[nH]c2=S)cc1. The zero-order valence-electron chi connectivity index (χ0n) is 13.6. The van der Waals surface area contributed by atoms with Gasteiger partial charge in [0.2, 0.25) is 5.88 Å². The van der Waals surface area contributed by atoms with Gasteiger partial charge in [0, 0.05) is 0 Å². The molecule has 1 fully saturated rings. The first-order valence-corrected chi connectivity index (χ1v) is 8.10. The number of aromatic amines is 1. The molecule has 0 radical (unpaired) electrons. The summed E-state index contributed by atoms with van der Waals surface area (Å²) in [6.07, 6.45) is 1.34. The molecule has 1 saturated heterocycles. The molecule has 2 aromatic rings. The summed E-state index contributed by atoms with van der Waals surface area (Å²) < 4.78 is 11.8. The number of nitrogens with zero attached hydrogens (tertiary/aromatic N) is 3. The van der Waals surface area contributed by atoms with E-state index in [1.54, 1.807) is 36.4 Å². The van der Waals surface area contributed by atoms with Gasteiger partial charge in [-0.2, -0.15) is 5.10 Å². The van der Waals surface area contributed by atoms with E-state index in [9.17, 15) is 9.90 Å². The number of methoxy groups -OCH3 is 1. The van der Waals surface area contributed by atoms with Crippen LogP contribution in [0.2, 0.25) is 0 Å². The van der Waals surface area contributed by atoms with Crippen molar-refractivity contribution in [2.45, 2.75) is 0 Å². The van der Waals surface area contributed by atoms with Gasteiger partial charge in [-0.05, 0) is 36.5 Å². The van der Waals surface area contributed by atoms with Crippen molar-refractivity contribution in [3.8, 4) is 17.3 Å². The van der Waals surface area contributed by atoms with Crippen LogP contribution in [0.3, 0.4) is 0 Å². The van der Waals surface area contributed by atoms with Crippen molar-refractivity contribution < 1.29 is 14.6 Å². The first-order valence-electron chi connectivity index (χ1n) is 7.69. The van der Waals surface area contributed by atoms with Gasteiger partial charge >= 0.3 is 0 Å². The van der Waals surface area contributed by atoms with Gasteiger partial charge in [-0.3, -0.25) is 19.4 Å². The summed E-state index contributed by atoms with van der Waals surface area (Å²) in [6.45, 7) is 2.42. The first-order chi connectivity index (χ1) is 12.1. The highest BCUT2D eigenvalue weighted by Gasteiger charge is 2.14. The van der Waals surface area contributed by atoms with E-state index >= 15 is 0 Å². The molecule has 1 aromatic heterocycles. The van der Waals surface area contributed by atoms with Gasteiger partial charge in [0.25, 0.3) is 5.56 Å². The fourth-order valence-corrected chi connectivity index (χ4v) is 2.72. The van der Waals surface area contributed by atoms with Crippen LogP contribution in [-0.2, 0) is 4.74 Å². The monoisotopic (exact) mass is 362 g/mol. The number of benzene rings is 1. The number of H-pyrrole nitrogens is 1. The van der Waals surface area contributed by atoms with Crippen molar-refractivity contribution in [3.63, 3.8) is 0 Å². The molecule has 132 valence electrons. The molecule has 3 rings (SSSR count). The molecule has 0 amide bonds. The van der Waals surface area contributed by atoms with Crippen LogP contribution in [0, 0.1) is 4.77 Å². The third-order valence-corrected chi connectivity index (χ3v) is 4.07. The second-order valence-electron chi connectivity index (χ2n) is 5.34. The summed E-state index contributed by atoms with van der Waals surface area (Å²) in [5.41, 5.74) is 0.140. The Morgan fingerprint density at radius 3 is 2.64 bits per heavy atom. The highest BCUT2D eigenvalue weighted by Crippen LogP contribution is 2.21. The molecule has 2 heterocycles. The van der Waals surface area contributed by atoms with Crippen LogP contribution in [0.4, 0.5) is 0 Å². The Morgan fingerprint density at radius 1 is 1.32 bits per heavy atom. The van der Waals surface area contributed by atoms with Crippen molar-refractivity contribution in [3.05, 3.63) is 45.0 Å². The number of nitrogens with one attached hydrogen (secondary N) is 1. The van der Waals surface area contributed by atoms with E-state index in [-0.39, 0.29) is 16.2 Å². The van der Waals surface area contributed by atoms with Gasteiger partial charge in [0.15, 0.2) is 4.77 Å². The molecule has 25 heavy (non-hydrogen) atoms. The predicted molar refractivity (Wildman–Crippen MR) is 95.4 cm³/mol. The minimum absolute atomic E-state index is 0.0379. The van der Waals surface area contributed by atoms with Crippen LogP contribution in [0.1, 0.15) is 5.56 Å². The lowest BCUT2D eigenvalue weighted by atomic mass is 10.2. The van der Waals surface area contributed by atoms with Crippen molar-refractivity contribution in [2.24, 2.45) is 5.10 Å². The highest BCUT2D eigenvalue weighted by molar-refractivity contribution is 7.71. The van der Waals surface area contributed by atoms with Gasteiger partial charge in [0.1, 0.15) is 11.3 Å². The summed E-state index contributed by atoms with van der Waals surface area (Å²) in [4.78, 5) is 14.7. The summed E-state index contributed by atoms with van der Waals surface area (Å²) in [5, 5.41) is 16.6. The molecule has 1 aromatic carbocycles. The number of hydrogen-bond donors (Lipinski definition) is 2. The third-order valence-electron chi connectivity index (χ3n) is 3.79. The maximum Gasteiger partial charge on any atom is 0.264 e. The Labute approximate surface area is 148 Å². The van der Waals surface area contributed by atoms with Crippen LogP contribution in [0.5, 0.6) is 11.6 Å². The molecule has 0 unspecified atom stereocenters. The quantitative estimate of drug-likeness (QED) is 0.629. The van der Waals surface area contributed by atoms with E-state index in [0.29, 0.717) is 37.7 Å². The largest absolute Gasteiger partial charge is 0.497 e. The van der Waals surface area contributed by atoms with Gasteiger partial charge in [-0.15, -0.1) is 0 Å². The molecule has 1 aliphatic heterocycles. The van der Waals surface area contributed by atoms with E-state index in [1.165, 1.54) is 10.8 Å². The molecule has 1 aliphatic rings. The molecule has 8 nitrogen and oxygen atoms in total. The molecule has 0 saturated carbocycles. The third kappa shape index (κ3) is 3.72. The molecular weight excluding hydrogens is 344 g/mol. The molecule has 9 heteroatoms. The zero-order chi connectivity index (χ0) is 17.8. The van der Waals surface area contributed by atoms with Crippen molar-refractivity contribution in [1.29, 1.82) is 0 Å². The van der Waals surface area contributed by atoms with Crippen molar-refractivity contribution in [1.82, 2.24) is 14.6 Å². The summed E-state index contributed by atoms with van der Waals surface area (Å²) in [5.74, 6) is 0.407. The smallest absolute Gasteiger partial charge is 0.264 e. The second-order valence-corrected chi connectivity index (χ2v) is 5.73. The highest BCUT2D eigenvalue weighted by atomic mass is 32.1. The lowest BCUT2D eigenvalue weighted by Crippen LogP contribution is -2.32. The number of hydrazone groups is 1. The number of aromatic hydroxyl groups is 1. The average Bonchev–Trinajstić information content (AvgIpc) is 2.62. The maximum atomic E-state index is 12.2. The minimum Gasteiger partial charge on any atom is -0.497 e. The van der Waals surface area contributed by atoms with Crippen LogP contribution in [0.15, 0.2) is 34.2 Å². The summed E-state index contributed by atoms with van der Waals surface area (Å²) >= 11 is 5.18. The Balaban J connectivity index is 2.00. The zero-order valence-corrected chi connectivity index (χ0v) is 14.5. The van der Waals surface area contributed by atoms with Crippen molar-refractivity contribution >= 4 is 18.4 Å². The van der Waals surface area contributed by atoms with E-state index in [1.807, 2.05) is 0 Å². The fraction of sp³-hybridized carbons (Fsp3) is 0.312. The van der Waals surface area contributed by atoms with Crippen LogP contribution in [-0.4, -0.2) is 59.3 Å². The van der Waals surface area contributed by atoms with Crippen LogP contribution >= 0.6 is 12.2 Å². The Kier molecular flexibility index (Phi) is 5.15. The van der Waals surface area contributed by atoms with Gasteiger partial charge in [0.05, 0.1) is 45.3 Å². The topological polar surface area (TPSA) is 92.1 Å². The molecular formula is C16H18N4O4S.